The first-order valence-corrected chi connectivity index (χ1v) is 9.02. The minimum absolute atomic E-state index is 0.00148. The Bertz CT molecular complexity index is 700. The van der Waals surface area contributed by atoms with Gasteiger partial charge < -0.3 is 15.1 Å². The van der Waals surface area contributed by atoms with Gasteiger partial charge in [-0.05, 0) is 31.5 Å². The van der Waals surface area contributed by atoms with Gasteiger partial charge in [-0.15, -0.1) is 0 Å². The number of rotatable bonds is 5. The Morgan fingerprint density at radius 2 is 1.92 bits per heavy atom. The highest BCUT2D eigenvalue weighted by atomic mass is 16.2. The molecule has 3 rings (SSSR count). The van der Waals surface area contributed by atoms with E-state index in [1.54, 1.807) is 11.0 Å². The average Bonchev–Trinajstić information content (AvgIpc) is 2.70. The Labute approximate surface area is 149 Å². The summed E-state index contributed by atoms with van der Waals surface area (Å²) >= 11 is 0. The van der Waals surface area contributed by atoms with Crippen molar-refractivity contribution in [1.82, 2.24) is 15.2 Å². The molecule has 1 aromatic heterocycles. The van der Waals surface area contributed by atoms with Crippen LogP contribution in [-0.2, 0) is 0 Å². The van der Waals surface area contributed by atoms with Gasteiger partial charge in [0, 0.05) is 38.8 Å². The van der Waals surface area contributed by atoms with E-state index in [-0.39, 0.29) is 11.9 Å². The third-order valence-corrected chi connectivity index (χ3v) is 4.71. The smallest absolute Gasteiger partial charge is 0.272 e. The van der Waals surface area contributed by atoms with Crippen LogP contribution in [0, 0.1) is 0 Å². The summed E-state index contributed by atoms with van der Waals surface area (Å²) in [6, 6.07) is 16.5. The molecule has 0 bridgehead atoms. The van der Waals surface area contributed by atoms with Crippen molar-refractivity contribution in [1.29, 1.82) is 0 Å². The monoisotopic (exact) mass is 338 g/mol. The van der Waals surface area contributed by atoms with Gasteiger partial charge in [0.05, 0.1) is 0 Å². The van der Waals surface area contributed by atoms with Crippen LogP contribution >= 0.6 is 0 Å². The van der Waals surface area contributed by atoms with Gasteiger partial charge in [-0.1, -0.05) is 36.4 Å². The fourth-order valence-corrected chi connectivity index (χ4v) is 3.26. The normalized spacial score (nSPS) is 17.4. The van der Waals surface area contributed by atoms with E-state index in [4.69, 9.17) is 0 Å². The third kappa shape index (κ3) is 3.99. The highest BCUT2D eigenvalue weighted by molar-refractivity contribution is 5.92. The lowest BCUT2D eigenvalue weighted by atomic mass is 10.0. The fraction of sp³-hybridized carbons (Fsp3) is 0.400. The lowest BCUT2D eigenvalue weighted by Crippen LogP contribution is -2.46. The first-order chi connectivity index (χ1) is 12.2. The molecule has 1 fully saturated rings. The Balaban J connectivity index is 1.77. The number of aromatic nitrogens is 1. The van der Waals surface area contributed by atoms with Gasteiger partial charge in [0.25, 0.3) is 5.91 Å². The van der Waals surface area contributed by atoms with E-state index >= 15 is 0 Å². The number of nitrogens with zero attached hydrogens (tertiary/aromatic N) is 3. The molecule has 1 aliphatic heterocycles. The van der Waals surface area contributed by atoms with Crippen LogP contribution in [0.4, 0.5) is 5.82 Å². The SMILES string of the molecule is CCN(CC)C(=O)c1cccc(N2CCNC(c3ccccc3)C2)n1. The Morgan fingerprint density at radius 1 is 1.16 bits per heavy atom. The molecule has 5 nitrogen and oxygen atoms in total. The molecule has 1 saturated heterocycles. The van der Waals surface area contributed by atoms with Crippen molar-refractivity contribution in [3.05, 3.63) is 59.8 Å². The van der Waals surface area contributed by atoms with Gasteiger partial charge in [0.15, 0.2) is 0 Å². The first-order valence-electron chi connectivity index (χ1n) is 9.02. The van der Waals surface area contributed by atoms with Crippen LogP contribution in [0.5, 0.6) is 0 Å². The summed E-state index contributed by atoms with van der Waals surface area (Å²) in [5.74, 6) is 0.877. The summed E-state index contributed by atoms with van der Waals surface area (Å²) < 4.78 is 0. The molecular formula is C20H26N4O. The van der Waals surface area contributed by atoms with Crippen molar-refractivity contribution >= 4 is 11.7 Å². The molecule has 1 atom stereocenters. The Hall–Kier alpha value is -2.40. The summed E-state index contributed by atoms with van der Waals surface area (Å²) in [6.07, 6.45) is 0. The van der Waals surface area contributed by atoms with E-state index in [0.717, 1.165) is 25.5 Å². The van der Waals surface area contributed by atoms with Gasteiger partial charge >= 0.3 is 0 Å². The number of pyridine rings is 1. The number of hydrogen-bond donors (Lipinski definition) is 1. The average molecular weight is 338 g/mol. The van der Waals surface area contributed by atoms with Crippen molar-refractivity contribution < 1.29 is 4.79 Å². The van der Waals surface area contributed by atoms with Crippen molar-refractivity contribution in [3.63, 3.8) is 0 Å². The standard InChI is InChI=1S/C20H26N4O/c1-3-23(4-2)20(25)17-11-8-12-19(22-17)24-14-13-21-18(15-24)16-9-6-5-7-10-16/h5-12,18,21H,3-4,13-15H2,1-2H3. The maximum atomic E-state index is 12.6. The minimum atomic E-state index is 0.00148. The molecule has 5 heteroatoms. The molecule has 25 heavy (non-hydrogen) atoms. The Kier molecular flexibility index (Phi) is 5.66. The summed E-state index contributed by atoms with van der Waals surface area (Å²) in [5, 5.41) is 3.56. The van der Waals surface area contributed by atoms with Crippen molar-refractivity contribution in [3.8, 4) is 0 Å². The zero-order valence-corrected chi connectivity index (χ0v) is 15.0. The quantitative estimate of drug-likeness (QED) is 0.911. The number of carbonyl (C=O) groups excluding carboxylic acids is 1. The summed E-state index contributed by atoms with van der Waals surface area (Å²) in [4.78, 5) is 21.3. The summed E-state index contributed by atoms with van der Waals surface area (Å²) in [7, 11) is 0. The van der Waals surface area contributed by atoms with Crippen LogP contribution in [0.2, 0.25) is 0 Å². The minimum Gasteiger partial charge on any atom is -0.353 e. The number of hydrogen-bond acceptors (Lipinski definition) is 4. The van der Waals surface area contributed by atoms with Crippen molar-refractivity contribution in [2.24, 2.45) is 0 Å². The first kappa shape index (κ1) is 17.4. The third-order valence-electron chi connectivity index (χ3n) is 4.71. The number of benzene rings is 1. The molecule has 0 saturated carbocycles. The highest BCUT2D eigenvalue weighted by Crippen LogP contribution is 2.21. The molecule has 1 N–H and O–H groups in total. The van der Waals surface area contributed by atoms with Gasteiger partial charge in [-0.2, -0.15) is 0 Å². The van der Waals surface area contributed by atoms with E-state index in [1.807, 2.05) is 32.0 Å². The molecule has 132 valence electrons. The number of nitrogens with one attached hydrogen (secondary N) is 1. The van der Waals surface area contributed by atoms with Gasteiger partial charge in [0.2, 0.25) is 0 Å². The lowest BCUT2D eigenvalue weighted by Gasteiger charge is -2.35. The fourth-order valence-electron chi connectivity index (χ4n) is 3.26. The largest absolute Gasteiger partial charge is 0.353 e. The molecule has 1 aliphatic rings. The van der Waals surface area contributed by atoms with Gasteiger partial charge in [-0.3, -0.25) is 4.79 Å². The second-order valence-corrected chi connectivity index (χ2v) is 6.22. The van der Waals surface area contributed by atoms with Crippen molar-refractivity contribution in [2.75, 3.05) is 37.6 Å². The zero-order valence-electron chi connectivity index (χ0n) is 15.0. The predicted octanol–water partition coefficient (Wildman–Crippen LogP) is 2.71. The lowest BCUT2D eigenvalue weighted by molar-refractivity contribution is 0.0767. The topological polar surface area (TPSA) is 48.5 Å². The van der Waals surface area contributed by atoms with Crippen LogP contribution in [-0.4, -0.2) is 48.5 Å². The number of carbonyl (C=O) groups is 1. The van der Waals surface area contributed by atoms with E-state index in [9.17, 15) is 4.79 Å². The maximum absolute atomic E-state index is 12.6. The Morgan fingerprint density at radius 3 is 2.64 bits per heavy atom. The van der Waals surface area contributed by atoms with Crippen LogP contribution in [0.3, 0.4) is 0 Å². The van der Waals surface area contributed by atoms with Crippen LogP contribution in [0.25, 0.3) is 0 Å². The van der Waals surface area contributed by atoms with Crippen molar-refractivity contribution in [2.45, 2.75) is 19.9 Å². The molecule has 2 aromatic rings. The summed E-state index contributed by atoms with van der Waals surface area (Å²) in [6.45, 7) is 8.02. The summed E-state index contributed by atoms with van der Waals surface area (Å²) in [5.41, 5.74) is 1.80. The molecule has 0 radical (unpaired) electrons. The van der Waals surface area contributed by atoms with E-state index in [0.29, 0.717) is 18.8 Å². The number of anilines is 1. The second-order valence-electron chi connectivity index (χ2n) is 6.22. The van der Waals surface area contributed by atoms with E-state index in [1.165, 1.54) is 5.56 Å². The molecule has 1 unspecified atom stereocenters. The van der Waals surface area contributed by atoms with E-state index < -0.39 is 0 Å². The van der Waals surface area contributed by atoms with Crippen LogP contribution in [0.1, 0.15) is 35.9 Å². The van der Waals surface area contributed by atoms with Crippen LogP contribution < -0.4 is 10.2 Å². The highest BCUT2D eigenvalue weighted by Gasteiger charge is 2.22. The number of amides is 1. The predicted molar refractivity (Wildman–Crippen MR) is 101 cm³/mol. The maximum Gasteiger partial charge on any atom is 0.272 e. The van der Waals surface area contributed by atoms with E-state index in [2.05, 4.69) is 39.5 Å². The molecule has 1 aromatic carbocycles. The molecule has 0 spiro atoms. The molecule has 1 amide bonds. The zero-order chi connectivity index (χ0) is 17.6. The van der Waals surface area contributed by atoms with Gasteiger partial charge in [-0.25, -0.2) is 4.98 Å². The second kappa shape index (κ2) is 8.12. The molecule has 0 aliphatic carbocycles. The molecule has 2 heterocycles. The van der Waals surface area contributed by atoms with Crippen LogP contribution in [0.15, 0.2) is 48.5 Å². The van der Waals surface area contributed by atoms with Gasteiger partial charge in [0.1, 0.15) is 11.5 Å². The molecular weight excluding hydrogens is 312 g/mol. The number of piperazine rings is 1.